The number of nitrogens with zero attached hydrogens (tertiary/aromatic N) is 1. The van der Waals surface area contributed by atoms with E-state index in [4.69, 9.17) is 10.8 Å². The van der Waals surface area contributed by atoms with Crippen molar-refractivity contribution in [2.75, 3.05) is 30.7 Å². The van der Waals surface area contributed by atoms with Crippen LogP contribution in [0.5, 0.6) is 0 Å². The SMILES string of the molecule is C=C1CN(Cc2ccc(C(=O)Nc3ccccc3N)cc2)C(CC(=O)NCCO)c2ccccc21. The number of aliphatic hydroxyl groups excluding tert-OH is 1. The third kappa shape index (κ3) is 5.77. The van der Waals surface area contributed by atoms with Gasteiger partial charge in [0.15, 0.2) is 0 Å². The van der Waals surface area contributed by atoms with Crippen molar-refractivity contribution in [3.63, 3.8) is 0 Å². The fourth-order valence-corrected chi connectivity index (χ4v) is 4.40. The molecule has 0 aromatic heterocycles. The summed E-state index contributed by atoms with van der Waals surface area (Å²) in [5.74, 6) is -0.336. The average Bonchev–Trinajstić information content (AvgIpc) is 2.87. The first kappa shape index (κ1) is 24.2. The van der Waals surface area contributed by atoms with Crippen LogP contribution in [0.25, 0.3) is 5.57 Å². The van der Waals surface area contributed by atoms with E-state index in [1.54, 1.807) is 24.3 Å². The van der Waals surface area contributed by atoms with E-state index in [9.17, 15) is 9.59 Å². The Kier molecular flexibility index (Phi) is 7.60. The first-order valence-electron chi connectivity index (χ1n) is 11.6. The number of rotatable bonds is 8. The van der Waals surface area contributed by atoms with Crippen molar-refractivity contribution in [3.8, 4) is 0 Å². The standard InChI is InChI=1S/C28H30N4O3/c1-19-17-32(26(16-27(34)30-14-15-33)23-7-3-2-6-22(19)23)18-20-10-12-21(13-11-20)28(35)31-25-9-5-4-8-24(25)29/h2-13,26,33H,1,14-18,29H2,(H,30,34)(H,31,35). The normalized spacial score (nSPS) is 15.3. The highest BCUT2D eigenvalue weighted by Crippen LogP contribution is 2.37. The van der Waals surface area contributed by atoms with Gasteiger partial charge in [0.25, 0.3) is 5.91 Å². The lowest BCUT2D eigenvalue weighted by Gasteiger charge is -2.38. The van der Waals surface area contributed by atoms with E-state index in [2.05, 4.69) is 22.1 Å². The lowest BCUT2D eigenvalue weighted by atomic mass is 9.87. The number of para-hydroxylation sites is 2. The lowest BCUT2D eigenvalue weighted by molar-refractivity contribution is -0.122. The maximum absolute atomic E-state index is 12.7. The molecule has 0 saturated carbocycles. The number of amides is 2. The second-order valence-electron chi connectivity index (χ2n) is 8.63. The van der Waals surface area contributed by atoms with Crippen molar-refractivity contribution in [2.45, 2.75) is 19.0 Å². The van der Waals surface area contributed by atoms with Gasteiger partial charge in [-0.1, -0.05) is 55.1 Å². The van der Waals surface area contributed by atoms with Crippen LogP contribution >= 0.6 is 0 Å². The summed E-state index contributed by atoms with van der Waals surface area (Å²) < 4.78 is 0. The first-order chi connectivity index (χ1) is 17.0. The minimum Gasteiger partial charge on any atom is -0.397 e. The molecule has 1 atom stereocenters. The van der Waals surface area contributed by atoms with Gasteiger partial charge in [0, 0.05) is 37.7 Å². The van der Waals surface area contributed by atoms with Crippen molar-refractivity contribution in [2.24, 2.45) is 0 Å². The number of aliphatic hydroxyl groups is 1. The molecule has 1 unspecified atom stereocenters. The summed E-state index contributed by atoms with van der Waals surface area (Å²) in [5, 5.41) is 14.6. The van der Waals surface area contributed by atoms with Crippen LogP contribution in [0.2, 0.25) is 0 Å². The minimum atomic E-state index is -0.229. The molecule has 0 saturated heterocycles. The Hall–Kier alpha value is -3.94. The number of carbonyl (C=O) groups excluding carboxylic acids is 2. The Morgan fingerprint density at radius 1 is 1.03 bits per heavy atom. The third-order valence-electron chi connectivity index (χ3n) is 6.16. The minimum absolute atomic E-state index is 0.0930. The zero-order chi connectivity index (χ0) is 24.8. The number of hydrogen-bond acceptors (Lipinski definition) is 5. The second-order valence-corrected chi connectivity index (χ2v) is 8.63. The van der Waals surface area contributed by atoms with Gasteiger partial charge in [0.1, 0.15) is 0 Å². The molecule has 35 heavy (non-hydrogen) atoms. The van der Waals surface area contributed by atoms with E-state index in [0.29, 0.717) is 30.0 Å². The van der Waals surface area contributed by atoms with Gasteiger partial charge in [0.05, 0.1) is 18.0 Å². The Labute approximate surface area is 205 Å². The molecule has 1 aliphatic heterocycles. The molecule has 5 N–H and O–H groups in total. The number of carbonyl (C=O) groups is 2. The molecule has 4 rings (SSSR count). The number of nitrogens with one attached hydrogen (secondary N) is 2. The van der Waals surface area contributed by atoms with Crippen LogP contribution in [0.1, 0.15) is 39.5 Å². The van der Waals surface area contributed by atoms with E-state index in [0.717, 1.165) is 22.3 Å². The summed E-state index contributed by atoms with van der Waals surface area (Å²) in [6.45, 7) is 5.62. The molecule has 0 fully saturated rings. The summed E-state index contributed by atoms with van der Waals surface area (Å²) in [5.41, 5.74) is 11.7. The molecule has 1 aliphatic rings. The number of nitrogens with two attached hydrogens (primary N) is 1. The Balaban J connectivity index is 1.50. The van der Waals surface area contributed by atoms with Crippen LogP contribution in [0.4, 0.5) is 11.4 Å². The van der Waals surface area contributed by atoms with Gasteiger partial charge in [-0.15, -0.1) is 0 Å². The summed E-state index contributed by atoms with van der Waals surface area (Å²) in [4.78, 5) is 27.4. The lowest BCUT2D eigenvalue weighted by Crippen LogP contribution is -2.38. The third-order valence-corrected chi connectivity index (χ3v) is 6.16. The summed E-state index contributed by atoms with van der Waals surface area (Å²) in [6, 6.07) is 22.5. The molecule has 7 nitrogen and oxygen atoms in total. The van der Waals surface area contributed by atoms with E-state index in [1.807, 2.05) is 48.5 Å². The van der Waals surface area contributed by atoms with Gasteiger partial charge in [0.2, 0.25) is 5.91 Å². The van der Waals surface area contributed by atoms with Crippen LogP contribution in [-0.4, -0.2) is 41.5 Å². The van der Waals surface area contributed by atoms with Crippen molar-refractivity contribution in [1.29, 1.82) is 0 Å². The maximum atomic E-state index is 12.7. The second kappa shape index (κ2) is 11.0. The molecule has 0 bridgehead atoms. The van der Waals surface area contributed by atoms with Gasteiger partial charge in [-0.2, -0.15) is 0 Å². The zero-order valence-electron chi connectivity index (χ0n) is 19.5. The molecule has 1 heterocycles. The van der Waals surface area contributed by atoms with E-state index in [-0.39, 0.29) is 37.4 Å². The number of anilines is 2. The monoisotopic (exact) mass is 470 g/mol. The summed E-state index contributed by atoms with van der Waals surface area (Å²) in [7, 11) is 0. The number of fused-ring (bicyclic) bond motifs is 1. The molecule has 3 aromatic rings. The van der Waals surface area contributed by atoms with Crippen LogP contribution in [0.15, 0.2) is 79.4 Å². The summed E-state index contributed by atoms with van der Waals surface area (Å²) >= 11 is 0. The average molecular weight is 471 g/mol. The molecule has 0 spiro atoms. The molecule has 0 aliphatic carbocycles. The van der Waals surface area contributed by atoms with Gasteiger partial charge in [-0.05, 0) is 46.5 Å². The Morgan fingerprint density at radius 2 is 1.74 bits per heavy atom. The number of benzene rings is 3. The smallest absolute Gasteiger partial charge is 0.255 e. The van der Waals surface area contributed by atoms with Gasteiger partial charge >= 0.3 is 0 Å². The molecule has 2 amide bonds. The predicted molar refractivity (Wildman–Crippen MR) is 139 cm³/mol. The van der Waals surface area contributed by atoms with Crippen molar-refractivity contribution in [3.05, 3.63) is 102 Å². The van der Waals surface area contributed by atoms with Crippen molar-refractivity contribution in [1.82, 2.24) is 10.2 Å². The van der Waals surface area contributed by atoms with E-state index >= 15 is 0 Å². The topological polar surface area (TPSA) is 108 Å². The molecular formula is C28H30N4O3. The van der Waals surface area contributed by atoms with Gasteiger partial charge in [-0.3, -0.25) is 14.5 Å². The molecule has 7 heteroatoms. The highest BCUT2D eigenvalue weighted by atomic mass is 16.3. The summed E-state index contributed by atoms with van der Waals surface area (Å²) in [6.07, 6.45) is 0.281. The van der Waals surface area contributed by atoms with Crippen LogP contribution < -0.4 is 16.4 Å². The fraction of sp³-hybridized carbons (Fsp3) is 0.214. The van der Waals surface area contributed by atoms with Gasteiger partial charge in [-0.25, -0.2) is 0 Å². The van der Waals surface area contributed by atoms with Crippen LogP contribution in [0.3, 0.4) is 0 Å². The predicted octanol–water partition coefficient (Wildman–Crippen LogP) is 3.59. The maximum Gasteiger partial charge on any atom is 0.255 e. The molecule has 0 radical (unpaired) electrons. The highest BCUT2D eigenvalue weighted by Gasteiger charge is 2.30. The molecule has 3 aromatic carbocycles. The van der Waals surface area contributed by atoms with Crippen LogP contribution in [0, 0.1) is 0 Å². The Morgan fingerprint density at radius 3 is 2.49 bits per heavy atom. The highest BCUT2D eigenvalue weighted by molar-refractivity contribution is 6.05. The van der Waals surface area contributed by atoms with E-state index < -0.39 is 0 Å². The van der Waals surface area contributed by atoms with Crippen molar-refractivity contribution >= 4 is 28.8 Å². The quantitative estimate of drug-likeness (QED) is 0.377. The van der Waals surface area contributed by atoms with Crippen LogP contribution in [-0.2, 0) is 11.3 Å². The fourth-order valence-electron chi connectivity index (χ4n) is 4.40. The van der Waals surface area contributed by atoms with Gasteiger partial charge < -0.3 is 21.5 Å². The molecule has 180 valence electrons. The first-order valence-corrected chi connectivity index (χ1v) is 11.6. The Bertz CT molecular complexity index is 1220. The number of hydrogen-bond donors (Lipinski definition) is 4. The van der Waals surface area contributed by atoms with Crippen molar-refractivity contribution < 1.29 is 14.7 Å². The zero-order valence-corrected chi connectivity index (χ0v) is 19.5. The largest absolute Gasteiger partial charge is 0.397 e. The number of nitrogen functional groups attached to an aromatic ring is 1. The van der Waals surface area contributed by atoms with E-state index in [1.165, 1.54) is 0 Å². The molecular weight excluding hydrogens is 440 g/mol.